The van der Waals surface area contributed by atoms with Crippen LogP contribution in [0.25, 0.3) is 22.1 Å². The maximum absolute atomic E-state index is 6.49. The molecule has 0 N–H and O–H groups in total. The molecule has 1 atom stereocenters. The lowest BCUT2D eigenvalue weighted by atomic mass is 9.92. The standard InChI is InChI=1S/C23H28N2O2/c1-13(2)19-15(4)25(22(27-19)23(5,6)7)18-14(3)10-11-16-17-9-8-12-24-21(17)26-20(16)18/h8-13,22H,1-7H3. The monoisotopic (exact) mass is 364 g/mol. The molecule has 0 fully saturated rings. The minimum Gasteiger partial charge on any atom is -0.472 e. The predicted molar refractivity (Wildman–Crippen MR) is 111 cm³/mol. The number of aryl methyl sites for hydroxylation is 1. The Kier molecular flexibility index (Phi) is 3.99. The second-order valence-electron chi connectivity index (χ2n) is 8.88. The van der Waals surface area contributed by atoms with Crippen LogP contribution in [0.1, 0.15) is 47.1 Å². The van der Waals surface area contributed by atoms with Gasteiger partial charge in [-0.25, -0.2) is 4.98 Å². The molecule has 3 aromatic rings. The zero-order valence-electron chi connectivity index (χ0n) is 17.3. The van der Waals surface area contributed by atoms with Crippen LogP contribution in [0.2, 0.25) is 0 Å². The van der Waals surface area contributed by atoms with Crippen LogP contribution in [0.5, 0.6) is 0 Å². The number of rotatable bonds is 2. The summed E-state index contributed by atoms with van der Waals surface area (Å²) in [4.78, 5) is 6.75. The van der Waals surface area contributed by atoms with E-state index in [4.69, 9.17) is 9.15 Å². The van der Waals surface area contributed by atoms with Crippen molar-refractivity contribution < 1.29 is 9.15 Å². The molecule has 1 aromatic carbocycles. The van der Waals surface area contributed by atoms with Gasteiger partial charge in [-0.2, -0.15) is 0 Å². The average Bonchev–Trinajstić information content (AvgIpc) is 3.13. The zero-order chi connectivity index (χ0) is 19.5. The summed E-state index contributed by atoms with van der Waals surface area (Å²) in [6.45, 7) is 15.3. The van der Waals surface area contributed by atoms with Crippen molar-refractivity contribution in [2.45, 2.75) is 54.7 Å². The summed E-state index contributed by atoms with van der Waals surface area (Å²) >= 11 is 0. The van der Waals surface area contributed by atoms with Gasteiger partial charge in [0.25, 0.3) is 0 Å². The molecule has 0 radical (unpaired) electrons. The Morgan fingerprint density at radius 1 is 1.07 bits per heavy atom. The first-order chi connectivity index (χ1) is 12.7. The van der Waals surface area contributed by atoms with Gasteiger partial charge in [-0.05, 0) is 31.5 Å². The van der Waals surface area contributed by atoms with Crippen LogP contribution in [0.15, 0.2) is 46.3 Å². The number of hydrogen-bond donors (Lipinski definition) is 0. The van der Waals surface area contributed by atoms with E-state index in [2.05, 4.69) is 76.5 Å². The van der Waals surface area contributed by atoms with E-state index in [1.165, 1.54) is 5.56 Å². The minimum atomic E-state index is -0.0830. The van der Waals surface area contributed by atoms with Gasteiger partial charge in [-0.1, -0.05) is 46.8 Å². The van der Waals surface area contributed by atoms with E-state index in [0.29, 0.717) is 11.6 Å². The first-order valence-electron chi connectivity index (χ1n) is 9.63. The maximum Gasteiger partial charge on any atom is 0.227 e. The molecule has 1 unspecified atom stereocenters. The molecule has 0 saturated carbocycles. The fourth-order valence-electron chi connectivity index (χ4n) is 4.01. The van der Waals surface area contributed by atoms with Crippen LogP contribution in [-0.4, -0.2) is 11.2 Å². The molecule has 27 heavy (non-hydrogen) atoms. The minimum absolute atomic E-state index is 0.0588. The zero-order valence-corrected chi connectivity index (χ0v) is 17.3. The molecule has 0 bridgehead atoms. The van der Waals surface area contributed by atoms with Gasteiger partial charge in [0, 0.05) is 28.3 Å². The van der Waals surface area contributed by atoms with Gasteiger partial charge in [-0.15, -0.1) is 0 Å². The van der Waals surface area contributed by atoms with Crippen molar-refractivity contribution in [3.05, 3.63) is 47.5 Å². The summed E-state index contributed by atoms with van der Waals surface area (Å²) in [7, 11) is 0. The Labute approximate surface area is 160 Å². The molecule has 1 aliphatic rings. The lowest BCUT2D eigenvalue weighted by molar-refractivity contribution is 0.0402. The largest absolute Gasteiger partial charge is 0.472 e. The van der Waals surface area contributed by atoms with Crippen LogP contribution in [-0.2, 0) is 4.74 Å². The molecule has 0 saturated heterocycles. The number of aromatic nitrogens is 1. The number of allylic oxidation sites excluding steroid dienone is 2. The predicted octanol–water partition coefficient (Wildman–Crippen LogP) is 6.39. The molecule has 3 heterocycles. The van der Waals surface area contributed by atoms with Gasteiger partial charge < -0.3 is 14.1 Å². The topological polar surface area (TPSA) is 38.5 Å². The van der Waals surface area contributed by atoms with Crippen molar-refractivity contribution in [1.82, 2.24) is 4.98 Å². The first-order valence-corrected chi connectivity index (χ1v) is 9.63. The van der Waals surface area contributed by atoms with E-state index in [1.807, 2.05) is 6.07 Å². The smallest absolute Gasteiger partial charge is 0.227 e. The summed E-state index contributed by atoms with van der Waals surface area (Å²) in [6, 6.07) is 8.32. The Balaban J connectivity index is 2.02. The van der Waals surface area contributed by atoms with Crippen LogP contribution in [0.4, 0.5) is 5.69 Å². The summed E-state index contributed by atoms with van der Waals surface area (Å²) < 4.78 is 12.7. The summed E-state index contributed by atoms with van der Waals surface area (Å²) in [5.41, 5.74) is 4.91. The number of fused-ring (bicyclic) bond motifs is 3. The van der Waals surface area contributed by atoms with Crippen LogP contribution in [0, 0.1) is 18.3 Å². The fourth-order valence-corrected chi connectivity index (χ4v) is 4.01. The van der Waals surface area contributed by atoms with Crippen LogP contribution < -0.4 is 4.90 Å². The highest BCUT2D eigenvalue weighted by Gasteiger charge is 2.42. The summed E-state index contributed by atoms with van der Waals surface area (Å²) in [5.74, 6) is 1.39. The molecular formula is C23H28N2O2. The SMILES string of the molecule is CC1=C(C(C)C)OC(C(C)(C)C)N1c1c(C)ccc2c1oc1ncccc12. The lowest BCUT2D eigenvalue weighted by Crippen LogP contribution is -2.41. The molecule has 142 valence electrons. The third kappa shape index (κ3) is 2.70. The van der Waals surface area contributed by atoms with Crippen LogP contribution in [0.3, 0.4) is 0 Å². The first kappa shape index (κ1) is 17.9. The van der Waals surface area contributed by atoms with Crippen LogP contribution >= 0.6 is 0 Å². The molecule has 1 aliphatic heterocycles. The van der Waals surface area contributed by atoms with Crippen molar-refractivity contribution in [3.63, 3.8) is 0 Å². The maximum atomic E-state index is 6.49. The summed E-state index contributed by atoms with van der Waals surface area (Å²) in [6.07, 6.45) is 1.69. The molecule has 0 aliphatic carbocycles. The van der Waals surface area contributed by atoms with Crippen molar-refractivity contribution in [1.29, 1.82) is 0 Å². The van der Waals surface area contributed by atoms with Crippen molar-refractivity contribution in [2.75, 3.05) is 4.90 Å². The lowest BCUT2D eigenvalue weighted by Gasteiger charge is -2.36. The molecule has 2 aromatic heterocycles. The molecule has 0 spiro atoms. The molecular weight excluding hydrogens is 336 g/mol. The third-order valence-corrected chi connectivity index (χ3v) is 5.29. The number of anilines is 1. The van der Waals surface area contributed by atoms with Gasteiger partial charge in [-0.3, -0.25) is 0 Å². The van der Waals surface area contributed by atoms with E-state index in [1.54, 1.807) is 6.20 Å². The Morgan fingerprint density at radius 3 is 2.48 bits per heavy atom. The van der Waals surface area contributed by atoms with Gasteiger partial charge in [0.2, 0.25) is 5.71 Å². The van der Waals surface area contributed by atoms with E-state index in [0.717, 1.165) is 33.5 Å². The number of nitrogens with zero attached hydrogens (tertiary/aromatic N) is 2. The summed E-state index contributed by atoms with van der Waals surface area (Å²) in [5, 5.41) is 2.14. The van der Waals surface area contributed by atoms with Gasteiger partial charge in [0.15, 0.2) is 11.8 Å². The third-order valence-electron chi connectivity index (χ3n) is 5.29. The van der Waals surface area contributed by atoms with Crippen molar-refractivity contribution in [2.24, 2.45) is 11.3 Å². The molecule has 4 heteroatoms. The molecule has 0 amide bonds. The van der Waals surface area contributed by atoms with Gasteiger partial charge >= 0.3 is 0 Å². The number of furan rings is 1. The molecule has 4 nitrogen and oxygen atoms in total. The number of benzene rings is 1. The van der Waals surface area contributed by atoms with Gasteiger partial charge in [0.05, 0.1) is 11.4 Å². The highest BCUT2D eigenvalue weighted by atomic mass is 16.5. The quantitative estimate of drug-likeness (QED) is 0.528. The van der Waals surface area contributed by atoms with Gasteiger partial charge in [0.1, 0.15) is 5.76 Å². The average molecular weight is 364 g/mol. The Morgan fingerprint density at radius 2 is 1.81 bits per heavy atom. The highest BCUT2D eigenvalue weighted by Crippen LogP contribution is 2.46. The number of pyridine rings is 1. The molecule has 4 rings (SSSR count). The number of hydrogen-bond acceptors (Lipinski definition) is 4. The van der Waals surface area contributed by atoms with E-state index in [9.17, 15) is 0 Å². The Bertz CT molecular complexity index is 1050. The fraction of sp³-hybridized carbons (Fsp3) is 0.435. The normalized spacial score (nSPS) is 18.2. The Hall–Kier alpha value is -2.49. The number of ether oxygens (including phenoxy) is 1. The second-order valence-corrected chi connectivity index (χ2v) is 8.88. The van der Waals surface area contributed by atoms with E-state index >= 15 is 0 Å². The van der Waals surface area contributed by atoms with Crippen molar-refractivity contribution in [3.8, 4) is 0 Å². The highest BCUT2D eigenvalue weighted by molar-refractivity contribution is 6.08. The second kappa shape index (κ2) is 6.01. The van der Waals surface area contributed by atoms with E-state index in [-0.39, 0.29) is 11.6 Å². The van der Waals surface area contributed by atoms with E-state index < -0.39 is 0 Å². The van der Waals surface area contributed by atoms with Crippen molar-refractivity contribution >= 4 is 27.8 Å².